The lowest BCUT2D eigenvalue weighted by Gasteiger charge is -2.63. The van der Waals surface area contributed by atoms with Crippen LogP contribution < -0.4 is 10.8 Å². The van der Waals surface area contributed by atoms with E-state index in [0.29, 0.717) is 60.7 Å². The minimum Gasteiger partial charge on any atom is -0.356 e. The van der Waals surface area contributed by atoms with Crippen LogP contribution in [0.15, 0.2) is 0 Å². The van der Waals surface area contributed by atoms with Crippen LogP contribution in [0, 0.1) is 46.3 Å². The Morgan fingerprint density at radius 3 is 2.42 bits per heavy atom. The molecule has 0 aromatic heterocycles. The van der Waals surface area contributed by atoms with Gasteiger partial charge in [-0.05, 0) is 131 Å². The lowest BCUT2D eigenvalue weighted by molar-refractivity contribution is -0.245. The molecule has 8 nitrogen and oxygen atoms in total. The van der Waals surface area contributed by atoms with Gasteiger partial charge in [-0.3, -0.25) is 24.1 Å². The Morgan fingerprint density at radius 1 is 0.978 bits per heavy atom. The van der Waals surface area contributed by atoms with E-state index in [0.717, 1.165) is 51.5 Å². The summed E-state index contributed by atoms with van der Waals surface area (Å²) in [7, 11) is 0. The molecule has 1 aliphatic heterocycles. The van der Waals surface area contributed by atoms with Gasteiger partial charge >= 0.3 is 0 Å². The number of hydroxylamine groups is 3. The highest BCUT2D eigenvalue weighted by Gasteiger charge is 2.63. The number of Topliss-reactive ketones (excluding diaryl/α,β-unsaturated/α-hetero) is 2. The average molecular weight is 650 g/mol. The fourth-order valence-corrected chi connectivity index (χ4v) is 11.1. The number of amides is 1. The smallest absolute Gasteiger partial charge is 0.219 e. The molecular weight excluding hydrogens is 585 g/mol. The van der Waals surface area contributed by atoms with Gasteiger partial charge in [0.15, 0.2) is 5.78 Å². The zero-order valence-electron chi connectivity index (χ0n) is 29.2. The number of nitrogens with one attached hydrogen (secondary N) is 2. The van der Waals surface area contributed by atoms with E-state index in [2.05, 4.69) is 31.6 Å². The monoisotopic (exact) mass is 649 g/mol. The first-order valence-electron chi connectivity index (χ1n) is 18.1. The summed E-state index contributed by atoms with van der Waals surface area (Å²) < 4.78 is 0. The van der Waals surface area contributed by atoms with Crippen molar-refractivity contribution in [3.63, 3.8) is 0 Å². The third-order valence-electron chi connectivity index (χ3n) is 13.3. The van der Waals surface area contributed by atoms with E-state index in [9.17, 15) is 14.4 Å². The van der Waals surface area contributed by atoms with Gasteiger partial charge in [-0.1, -0.05) is 27.7 Å². The van der Waals surface area contributed by atoms with Crippen LogP contribution in [0.1, 0.15) is 125 Å². The molecule has 2 N–H and O–H groups in total. The number of rotatable bonds is 13. The fourth-order valence-electron chi connectivity index (χ4n) is 11.1. The Hall–Kier alpha value is -0.920. The quantitative estimate of drug-likeness (QED) is 0.184. The molecule has 4 aliphatic carbocycles. The van der Waals surface area contributed by atoms with Crippen molar-refractivity contribution in [3.8, 4) is 0 Å². The molecule has 4 saturated carbocycles. The molecule has 5 unspecified atom stereocenters. The first-order chi connectivity index (χ1) is 21.0. The second kappa shape index (κ2) is 15.5. The summed E-state index contributed by atoms with van der Waals surface area (Å²) in [6.45, 7) is 14.8. The standard InChI is InChI=1S/C36H61N3O5.H3P/c1-7-31(41)30-10-9-19-39(30)44-26-15-17-35(5)25(20-26)21-32(43-38-22-24(4)40)34-28-13-12-27(36(28,6)18-16-29(34)35)23(3)11-14-33(42)37-8-2;/h23,25-30,32,34,38H,7-22H2,1-6H3,(H,37,42);1H3/t23-,25-,26+,27?,28?,29?,30-,32+,34?,35-,36+;/m0./s1. The summed E-state index contributed by atoms with van der Waals surface area (Å²) in [5, 5.41) is 5.00. The average Bonchev–Trinajstić information content (AvgIpc) is 3.60. The maximum atomic E-state index is 12.6. The van der Waals surface area contributed by atoms with Crippen molar-refractivity contribution in [3.05, 3.63) is 0 Å². The molecule has 0 spiro atoms. The molecule has 12 atom stereocenters. The maximum absolute atomic E-state index is 12.6. The molecule has 0 aromatic rings. The minimum absolute atomic E-state index is 0. The zero-order chi connectivity index (χ0) is 31.6. The number of nitrogens with zero attached hydrogens (tertiary/aromatic N) is 1. The second-order valence-electron chi connectivity index (χ2n) is 15.7. The predicted molar refractivity (Wildman–Crippen MR) is 182 cm³/mol. The number of carbonyl (C=O) groups is 3. The van der Waals surface area contributed by atoms with Crippen LogP contribution in [0.5, 0.6) is 0 Å². The van der Waals surface area contributed by atoms with Gasteiger partial charge < -0.3 is 5.32 Å². The van der Waals surface area contributed by atoms with Crippen LogP contribution >= 0.6 is 9.90 Å². The van der Waals surface area contributed by atoms with Gasteiger partial charge in [-0.25, -0.2) is 0 Å². The molecule has 1 amide bonds. The highest BCUT2D eigenvalue weighted by Crippen LogP contribution is 2.68. The third-order valence-corrected chi connectivity index (χ3v) is 13.3. The molecule has 5 aliphatic rings. The Kier molecular flexibility index (Phi) is 12.7. The summed E-state index contributed by atoms with van der Waals surface area (Å²) in [5.74, 6) is 3.86. The molecule has 9 heteroatoms. The number of carbonyl (C=O) groups excluding carboxylic acids is 3. The second-order valence-corrected chi connectivity index (χ2v) is 15.7. The van der Waals surface area contributed by atoms with E-state index < -0.39 is 0 Å². The van der Waals surface area contributed by atoms with Gasteiger partial charge in [-0.15, -0.1) is 0 Å². The Bertz CT molecular complexity index is 1040. The number of hydrogen-bond donors (Lipinski definition) is 2. The van der Waals surface area contributed by atoms with Crippen molar-refractivity contribution < 1.29 is 24.1 Å². The van der Waals surface area contributed by atoms with E-state index in [1.54, 1.807) is 6.92 Å². The lowest BCUT2D eigenvalue weighted by Crippen LogP contribution is -2.60. The lowest BCUT2D eigenvalue weighted by atomic mass is 9.43. The van der Waals surface area contributed by atoms with E-state index in [-0.39, 0.29) is 57.2 Å². The van der Waals surface area contributed by atoms with E-state index in [1.165, 1.54) is 25.7 Å². The molecule has 45 heavy (non-hydrogen) atoms. The topological polar surface area (TPSA) is 97.0 Å². The van der Waals surface area contributed by atoms with Crippen LogP contribution in [-0.2, 0) is 24.1 Å². The molecule has 1 saturated heterocycles. The number of fused-ring (bicyclic) bond motifs is 5. The Labute approximate surface area is 276 Å². The van der Waals surface area contributed by atoms with Crippen molar-refractivity contribution >= 4 is 27.4 Å². The van der Waals surface area contributed by atoms with E-state index in [4.69, 9.17) is 9.68 Å². The van der Waals surface area contributed by atoms with Crippen molar-refractivity contribution in [2.45, 2.75) is 143 Å². The Morgan fingerprint density at radius 2 is 1.71 bits per heavy atom. The molecule has 5 rings (SSSR count). The fraction of sp³-hybridized carbons (Fsp3) is 0.917. The van der Waals surface area contributed by atoms with E-state index >= 15 is 0 Å². The number of hydrogen-bond acceptors (Lipinski definition) is 7. The highest BCUT2D eigenvalue weighted by atomic mass is 31.0. The van der Waals surface area contributed by atoms with Crippen LogP contribution in [0.2, 0.25) is 0 Å². The summed E-state index contributed by atoms with van der Waals surface area (Å²) in [6, 6.07) is -0.0781. The first kappa shape index (κ1) is 36.9. The first-order valence-corrected chi connectivity index (χ1v) is 18.1. The SMILES string of the molecule is CCNC(=O)CC[C@H](C)C1CCC2C3C(CC[C@@]21C)[C@@]1(C)CC[C@@H](ON2CCC[C@H]2C(=O)CC)C[C@H]1C[C@H]3ONCC(C)=O.P. The molecule has 5 fully saturated rings. The van der Waals surface area contributed by atoms with Crippen molar-refractivity contribution in [1.82, 2.24) is 15.9 Å². The molecular formula is C36H64N3O5P. The molecule has 0 aromatic carbocycles. The summed E-state index contributed by atoms with van der Waals surface area (Å²) in [5.41, 5.74) is 3.59. The Balaban J connectivity index is 0.00000461. The molecule has 258 valence electrons. The minimum atomic E-state index is -0.0781. The van der Waals surface area contributed by atoms with Crippen molar-refractivity contribution in [1.29, 1.82) is 0 Å². The summed E-state index contributed by atoms with van der Waals surface area (Å²) >= 11 is 0. The van der Waals surface area contributed by atoms with E-state index in [1.807, 2.05) is 18.9 Å². The number of ketones is 2. The predicted octanol–water partition coefficient (Wildman–Crippen LogP) is 6.09. The van der Waals surface area contributed by atoms with Crippen molar-refractivity contribution in [2.24, 2.45) is 46.3 Å². The van der Waals surface area contributed by atoms with Crippen LogP contribution in [0.3, 0.4) is 0 Å². The zero-order valence-corrected chi connectivity index (χ0v) is 30.6. The van der Waals surface area contributed by atoms with Crippen molar-refractivity contribution in [2.75, 3.05) is 19.6 Å². The molecule has 0 bridgehead atoms. The molecule has 0 radical (unpaired) electrons. The van der Waals surface area contributed by atoms with Crippen LogP contribution in [-0.4, -0.2) is 60.4 Å². The summed E-state index contributed by atoms with van der Waals surface area (Å²) in [6.07, 6.45) is 13.5. The summed E-state index contributed by atoms with van der Waals surface area (Å²) in [4.78, 5) is 49.8. The van der Waals surface area contributed by atoms with Gasteiger partial charge in [0.1, 0.15) is 5.78 Å². The normalized spacial score (nSPS) is 40.0. The van der Waals surface area contributed by atoms with Gasteiger partial charge in [0.25, 0.3) is 0 Å². The van der Waals surface area contributed by atoms with Gasteiger partial charge in [0.2, 0.25) is 5.91 Å². The molecule has 1 heterocycles. The third kappa shape index (κ3) is 7.56. The van der Waals surface area contributed by atoms with Crippen LogP contribution in [0.25, 0.3) is 0 Å². The van der Waals surface area contributed by atoms with Gasteiger partial charge in [0, 0.05) is 25.9 Å². The highest BCUT2D eigenvalue weighted by molar-refractivity contribution is 6.92. The largest absolute Gasteiger partial charge is 0.356 e. The van der Waals surface area contributed by atoms with Gasteiger partial charge in [0.05, 0.1) is 24.8 Å². The van der Waals surface area contributed by atoms with Gasteiger partial charge in [-0.2, -0.15) is 20.4 Å². The maximum Gasteiger partial charge on any atom is 0.219 e. The van der Waals surface area contributed by atoms with Crippen LogP contribution in [0.4, 0.5) is 0 Å².